The largest absolute Gasteiger partial charge is 0.466 e. The van der Waals surface area contributed by atoms with Gasteiger partial charge < -0.3 is 4.74 Å². The van der Waals surface area contributed by atoms with Crippen LogP contribution in [-0.2, 0) is 9.53 Å². The number of amides is 2. The average Bonchev–Trinajstić information content (AvgIpc) is 2.87. The van der Waals surface area contributed by atoms with Crippen LogP contribution in [-0.4, -0.2) is 36.3 Å². The van der Waals surface area contributed by atoms with Crippen molar-refractivity contribution < 1.29 is 19.1 Å². The van der Waals surface area contributed by atoms with Gasteiger partial charge in [-0.2, -0.15) is 0 Å². The molecule has 0 spiro atoms. The smallest absolute Gasteiger partial charge is 0.335 e. The molecule has 0 saturated heterocycles. The van der Waals surface area contributed by atoms with E-state index >= 15 is 0 Å². The number of ether oxygens (including phenoxy) is 1. The molecule has 2 amide bonds. The number of fused-ring (bicyclic) bond motifs is 1. The molecular formula is C20H17NO4. The Balaban J connectivity index is 1.92. The Morgan fingerprint density at radius 3 is 2.08 bits per heavy atom. The molecule has 0 N–H and O–H groups in total. The normalized spacial score (nSPS) is 13.8. The number of nitrogens with zero attached hydrogens (tertiary/aromatic N) is 1. The molecule has 0 radical (unpaired) electrons. The molecule has 0 saturated carbocycles. The van der Waals surface area contributed by atoms with Crippen LogP contribution < -0.4 is 0 Å². The summed E-state index contributed by atoms with van der Waals surface area (Å²) >= 11 is 0. The SMILES string of the molecule is COC(=O)/C(=C\c1ccc(C)cc1)CN1C(=O)c2ccccc2C1=O. The third-order valence-electron chi connectivity index (χ3n) is 4.07. The minimum atomic E-state index is -0.572. The molecule has 0 bridgehead atoms. The van der Waals surface area contributed by atoms with Crippen molar-refractivity contribution in [2.24, 2.45) is 0 Å². The van der Waals surface area contributed by atoms with E-state index in [9.17, 15) is 14.4 Å². The van der Waals surface area contributed by atoms with Gasteiger partial charge in [-0.25, -0.2) is 4.79 Å². The quantitative estimate of drug-likeness (QED) is 0.490. The van der Waals surface area contributed by atoms with Crippen LogP contribution in [0, 0.1) is 6.92 Å². The van der Waals surface area contributed by atoms with Crippen molar-refractivity contribution in [2.75, 3.05) is 13.7 Å². The van der Waals surface area contributed by atoms with Gasteiger partial charge in [0, 0.05) is 0 Å². The number of carbonyl (C=O) groups is 3. The van der Waals surface area contributed by atoms with Gasteiger partial charge in [0.1, 0.15) is 0 Å². The summed E-state index contributed by atoms with van der Waals surface area (Å²) in [6, 6.07) is 14.2. The molecule has 0 aliphatic carbocycles. The van der Waals surface area contributed by atoms with E-state index in [1.807, 2.05) is 31.2 Å². The standard InChI is InChI=1S/C20H17NO4/c1-13-7-9-14(10-8-13)11-15(20(24)25-2)12-21-18(22)16-5-3-4-6-17(16)19(21)23/h3-11H,12H2,1-2H3/b15-11-. The Morgan fingerprint density at radius 1 is 1.00 bits per heavy atom. The van der Waals surface area contributed by atoms with Crippen LogP contribution in [0.4, 0.5) is 0 Å². The maximum absolute atomic E-state index is 12.5. The Hall–Kier alpha value is -3.21. The zero-order chi connectivity index (χ0) is 18.0. The molecule has 0 atom stereocenters. The highest BCUT2D eigenvalue weighted by Crippen LogP contribution is 2.24. The fraction of sp³-hybridized carbons (Fsp3) is 0.150. The van der Waals surface area contributed by atoms with Crippen molar-refractivity contribution in [3.63, 3.8) is 0 Å². The first-order valence-corrected chi connectivity index (χ1v) is 7.82. The van der Waals surface area contributed by atoms with Gasteiger partial charge >= 0.3 is 5.97 Å². The van der Waals surface area contributed by atoms with E-state index in [1.54, 1.807) is 30.3 Å². The van der Waals surface area contributed by atoms with E-state index in [-0.39, 0.29) is 12.1 Å². The number of carbonyl (C=O) groups excluding carboxylic acids is 3. The highest BCUT2D eigenvalue weighted by Gasteiger charge is 2.36. The van der Waals surface area contributed by atoms with E-state index < -0.39 is 17.8 Å². The van der Waals surface area contributed by atoms with Crippen molar-refractivity contribution in [1.29, 1.82) is 0 Å². The number of esters is 1. The van der Waals surface area contributed by atoms with Crippen LogP contribution in [0.15, 0.2) is 54.1 Å². The Bertz CT molecular complexity index is 846. The van der Waals surface area contributed by atoms with E-state index in [0.717, 1.165) is 16.0 Å². The highest BCUT2D eigenvalue weighted by molar-refractivity contribution is 6.21. The molecule has 1 aliphatic rings. The first-order valence-electron chi connectivity index (χ1n) is 7.82. The summed E-state index contributed by atoms with van der Waals surface area (Å²) in [7, 11) is 1.27. The molecule has 3 rings (SSSR count). The zero-order valence-corrected chi connectivity index (χ0v) is 14.0. The summed E-state index contributed by atoms with van der Waals surface area (Å²) < 4.78 is 4.81. The molecule has 126 valence electrons. The summed E-state index contributed by atoms with van der Waals surface area (Å²) in [6.45, 7) is 1.83. The van der Waals surface area contributed by atoms with Gasteiger partial charge in [-0.3, -0.25) is 14.5 Å². The summed E-state index contributed by atoms with van der Waals surface area (Å²) in [4.78, 5) is 38.1. The van der Waals surface area contributed by atoms with Crippen LogP contribution in [0.3, 0.4) is 0 Å². The summed E-state index contributed by atoms with van der Waals surface area (Å²) in [5.74, 6) is -1.38. The first kappa shape index (κ1) is 16.6. The van der Waals surface area contributed by atoms with Crippen molar-refractivity contribution in [3.8, 4) is 0 Å². The number of methoxy groups -OCH3 is 1. The second-order valence-electron chi connectivity index (χ2n) is 5.81. The molecule has 1 heterocycles. The van der Waals surface area contributed by atoms with Gasteiger partial charge in [0.15, 0.2) is 0 Å². The lowest BCUT2D eigenvalue weighted by molar-refractivity contribution is -0.136. The maximum atomic E-state index is 12.5. The minimum Gasteiger partial charge on any atom is -0.466 e. The number of hydrogen-bond donors (Lipinski definition) is 0. The summed E-state index contributed by atoms with van der Waals surface area (Å²) in [5, 5.41) is 0. The predicted octanol–water partition coefficient (Wildman–Crippen LogP) is 2.85. The molecule has 2 aromatic rings. The Kier molecular flexibility index (Phi) is 4.48. The van der Waals surface area contributed by atoms with Crippen LogP contribution in [0.25, 0.3) is 6.08 Å². The van der Waals surface area contributed by atoms with Crippen molar-refractivity contribution in [3.05, 3.63) is 76.4 Å². The molecule has 5 nitrogen and oxygen atoms in total. The first-order chi connectivity index (χ1) is 12.0. The lowest BCUT2D eigenvalue weighted by Crippen LogP contribution is -2.33. The van der Waals surface area contributed by atoms with Gasteiger partial charge in [0.25, 0.3) is 11.8 Å². The van der Waals surface area contributed by atoms with Crippen molar-refractivity contribution in [1.82, 2.24) is 4.90 Å². The van der Waals surface area contributed by atoms with Crippen molar-refractivity contribution in [2.45, 2.75) is 6.92 Å². The molecule has 25 heavy (non-hydrogen) atoms. The Labute approximate surface area is 145 Å². The second-order valence-corrected chi connectivity index (χ2v) is 5.81. The summed E-state index contributed by atoms with van der Waals surface area (Å²) in [5.41, 5.74) is 2.83. The highest BCUT2D eigenvalue weighted by atomic mass is 16.5. The zero-order valence-electron chi connectivity index (χ0n) is 14.0. The number of rotatable bonds is 4. The Morgan fingerprint density at radius 2 is 1.56 bits per heavy atom. The molecule has 2 aromatic carbocycles. The topological polar surface area (TPSA) is 63.7 Å². The van der Waals surface area contributed by atoms with Crippen LogP contribution in [0.2, 0.25) is 0 Å². The number of benzene rings is 2. The van der Waals surface area contributed by atoms with Gasteiger partial charge in [-0.15, -0.1) is 0 Å². The fourth-order valence-electron chi connectivity index (χ4n) is 2.72. The van der Waals surface area contributed by atoms with Gasteiger partial charge in [-0.05, 0) is 30.7 Å². The molecular weight excluding hydrogens is 318 g/mol. The fourth-order valence-corrected chi connectivity index (χ4v) is 2.72. The third kappa shape index (κ3) is 3.21. The van der Waals surface area contributed by atoms with Gasteiger partial charge in [0.05, 0.1) is 30.4 Å². The monoisotopic (exact) mass is 335 g/mol. The van der Waals surface area contributed by atoms with Crippen LogP contribution >= 0.6 is 0 Å². The molecule has 0 unspecified atom stereocenters. The molecule has 0 aromatic heterocycles. The molecule has 1 aliphatic heterocycles. The van der Waals surface area contributed by atoms with E-state index in [4.69, 9.17) is 4.74 Å². The van der Waals surface area contributed by atoms with E-state index in [0.29, 0.717) is 11.1 Å². The van der Waals surface area contributed by atoms with E-state index in [1.165, 1.54) is 7.11 Å². The summed E-state index contributed by atoms with van der Waals surface area (Å²) in [6.07, 6.45) is 1.63. The number of imide groups is 1. The number of aryl methyl sites for hydroxylation is 1. The van der Waals surface area contributed by atoms with E-state index in [2.05, 4.69) is 0 Å². The lowest BCUT2D eigenvalue weighted by atomic mass is 10.1. The molecule has 0 fully saturated rings. The second kappa shape index (κ2) is 6.73. The predicted molar refractivity (Wildman–Crippen MR) is 93.0 cm³/mol. The van der Waals surface area contributed by atoms with Gasteiger partial charge in [0.2, 0.25) is 0 Å². The number of hydrogen-bond acceptors (Lipinski definition) is 4. The maximum Gasteiger partial charge on any atom is 0.335 e. The lowest BCUT2D eigenvalue weighted by Gasteiger charge is -2.15. The minimum absolute atomic E-state index is 0.132. The molecule has 5 heteroatoms. The third-order valence-corrected chi connectivity index (χ3v) is 4.07. The van der Waals surface area contributed by atoms with Crippen molar-refractivity contribution >= 4 is 23.9 Å². The van der Waals surface area contributed by atoms with Crippen LogP contribution in [0.1, 0.15) is 31.8 Å². The van der Waals surface area contributed by atoms with Gasteiger partial charge in [-0.1, -0.05) is 42.0 Å². The van der Waals surface area contributed by atoms with Crippen LogP contribution in [0.5, 0.6) is 0 Å². The average molecular weight is 335 g/mol.